The van der Waals surface area contributed by atoms with E-state index in [0.29, 0.717) is 4.99 Å². The molecule has 0 amide bonds. The molecule has 0 fully saturated rings. The molecule has 0 spiro atoms. The van der Waals surface area contributed by atoms with E-state index in [-0.39, 0.29) is 0 Å². The number of nitrogens with two attached hydrogens (primary N) is 1. The first-order chi connectivity index (χ1) is 9.13. The van der Waals surface area contributed by atoms with Crippen LogP contribution < -0.4 is 10.6 Å². The summed E-state index contributed by atoms with van der Waals surface area (Å²) in [6.45, 7) is 5.02. The summed E-state index contributed by atoms with van der Waals surface area (Å²) in [7, 11) is 0. The zero-order chi connectivity index (χ0) is 13.8. The lowest BCUT2D eigenvalue weighted by molar-refractivity contribution is 0.982. The number of rotatable bonds is 4. The van der Waals surface area contributed by atoms with Crippen molar-refractivity contribution >= 4 is 28.7 Å². The fraction of sp³-hybridized carbons (Fsp3) is 0.200. The van der Waals surface area contributed by atoms with Crippen molar-refractivity contribution in [1.29, 1.82) is 0 Å². The number of para-hydroxylation sites is 1. The van der Waals surface area contributed by atoms with E-state index in [0.717, 1.165) is 23.6 Å². The van der Waals surface area contributed by atoms with E-state index in [1.807, 2.05) is 24.3 Å². The second-order valence-electron chi connectivity index (χ2n) is 4.30. The molecule has 0 unspecified atom stereocenters. The molecule has 0 radical (unpaired) electrons. The Hall–Kier alpha value is -1.94. The summed E-state index contributed by atoms with van der Waals surface area (Å²) in [5, 5.41) is 0. The molecule has 0 aliphatic carbocycles. The normalized spacial score (nSPS) is 10.2. The Kier molecular flexibility index (Phi) is 4.12. The van der Waals surface area contributed by atoms with Gasteiger partial charge in [0.15, 0.2) is 0 Å². The zero-order valence-electron chi connectivity index (χ0n) is 11.1. The quantitative estimate of drug-likeness (QED) is 0.867. The van der Waals surface area contributed by atoms with Crippen molar-refractivity contribution in [3.05, 3.63) is 53.7 Å². The number of benzene rings is 1. The van der Waals surface area contributed by atoms with Crippen molar-refractivity contribution in [3.63, 3.8) is 0 Å². The SMILES string of the molecule is CCN(c1cc(C(N)=S)ccn1)c1ccccc1C. The number of thiocarbonyl (C=S) groups is 1. The molecule has 2 N–H and O–H groups in total. The molecule has 1 aromatic heterocycles. The summed E-state index contributed by atoms with van der Waals surface area (Å²) in [5.74, 6) is 0.863. The van der Waals surface area contributed by atoms with E-state index in [9.17, 15) is 0 Å². The van der Waals surface area contributed by atoms with E-state index >= 15 is 0 Å². The second kappa shape index (κ2) is 5.80. The summed E-state index contributed by atoms with van der Waals surface area (Å²) >= 11 is 5.02. The van der Waals surface area contributed by atoms with Gasteiger partial charge < -0.3 is 10.6 Å². The minimum atomic E-state index is 0.393. The number of nitrogens with zero attached hydrogens (tertiary/aromatic N) is 2. The molecule has 4 heteroatoms. The number of pyridine rings is 1. The summed E-state index contributed by atoms with van der Waals surface area (Å²) in [6.07, 6.45) is 1.74. The number of hydrogen-bond acceptors (Lipinski definition) is 3. The van der Waals surface area contributed by atoms with E-state index < -0.39 is 0 Å². The first-order valence-corrected chi connectivity index (χ1v) is 6.63. The third kappa shape index (κ3) is 2.90. The van der Waals surface area contributed by atoms with E-state index in [4.69, 9.17) is 18.0 Å². The van der Waals surface area contributed by atoms with Gasteiger partial charge in [0.05, 0.1) is 0 Å². The average molecular weight is 271 g/mol. The molecule has 1 heterocycles. The molecule has 2 aromatic rings. The first kappa shape index (κ1) is 13.5. The lowest BCUT2D eigenvalue weighted by atomic mass is 10.1. The van der Waals surface area contributed by atoms with Gasteiger partial charge in [-0.15, -0.1) is 0 Å². The minimum absolute atomic E-state index is 0.393. The van der Waals surface area contributed by atoms with Gasteiger partial charge in [-0.1, -0.05) is 30.4 Å². The Bertz CT molecular complexity index is 595. The fourth-order valence-electron chi connectivity index (χ4n) is 2.04. The highest BCUT2D eigenvalue weighted by molar-refractivity contribution is 7.80. The van der Waals surface area contributed by atoms with Crippen molar-refractivity contribution < 1.29 is 0 Å². The van der Waals surface area contributed by atoms with Gasteiger partial charge in [-0.05, 0) is 37.6 Å². The molecule has 98 valence electrons. The Morgan fingerprint density at radius 2 is 2.05 bits per heavy atom. The molecule has 19 heavy (non-hydrogen) atoms. The van der Waals surface area contributed by atoms with Crippen molar-refractivity contribution in [1.82, 2.24) is 4.98 Å². The van der Waals surface area contributed by atoms with Crippen LogP contribution in [-0.2, 0) is 0 Å². The molecular weight excluding hydrogens is 254 g/mol. The van der Waals surface area contributed by atoms with Gasteiger partial charge in [0.25, 0.3) is 0 Å². The van der Waals surface area contributed by atoms with Crippen molar-refractivity contribution in [3.8, 4) is 0 Å². The van der Waals surface area contributed by atoms with Crippen molar-refractivity contribution in [2.24, 2.45) is 5.73 Å². The third-order valence-electron chi connectivity index (χ3n) is 3.03. The van der Waals surface area contributed by atoms with Crippen LogP contribution in [0.25, 0.3) is 0 Å². The Morgan fingerprint density at radius 3 is 2.68 bits per heavy atom. The van der Waals surface area contributed by atoms with Crippen LogP contribution in [0, 0.1) is 6.92 Å². The van der Waals surface area contributed by atoms with Crippen LogP contribution in [-0.4, -0.2) is 16.5 Å². The summed E-state index contributed by atoms with van der Waals surface area (Å²) in [6, 6.07) is 12.0. The maximum absolute atomic E-state index is 5.68. The van der Waals surface area contributed by atoms with Crippen LogP contribution in [0.2, 0.25) is 0 Å². The van der Waals surface area contributed by atoms with E-state index in [1.54, 1.807) is 6.20 Å². The second-order valence-corrected chi connectivity index (χ2v) is 4.74. The van der Waals surface area contributed by atoms with Crippen molar-refractivity contribution in [2.45, 2.75) is 13.8 Å². The van der Waals surface area contributed by atoms with Crippen LogP contribution in [0.15, 0.2) is 42.6 Å². The number of aromatic nitrogens is 1. The van der Waals surface area contributed by atoms with Gasteiger partial charge in [0.1, 0.15) is 10.8 Å². The lowest BCUT2D eigenvalue weighted by Crippen LogP contribution is -2.19. The number of anilines is 2. The molecule has 0 saturated heterocycles. The molecule has 0 bridgehead atoms. The Labute approximate surface area is 119 Å². The predicted octanol–water partition coefficient (Wildman–Crippen LogP) is 3.18. The number of aryl methyl sites for hydroxylation is 1. The van der Waals surface area contributed by atoms with Crippen LogP contribution in [0.5, 0.6) is 0 Å². The zero-order valence-corrected chi connectivity index (χ0v) is 11.9. The van der Waals surface area contributed by atoms with Crippen LogP contribution in [0.1, 0.15) is 18.1 Å². The minimum Gasteiger partial charge on any atom is -0.389 e. The van der Waals surface area contributed by atoms with E-state index in [1.165, 1.54) is 5.56 Å². The summed E-state index contributed by atoms with van der Waals surface area (Å²) < 4.78 is 0. The molecule has 0 atom stereocenters. The predicted molar refractivity (Wildman–Crippen MR) is 84.0 cm³/mol. The van der Waals surface area contributed by atoms with Crippen molar-refractivity contribution in [2.75, 3.05) is 11.4 Å². The molecule has 0 aliphatic heterocycles. The van der Waals surface area contributed by atoms with Gasteiger partial charge in [-0.25, -0.2) is 4.98 Å². The van der Waals surface area contributed by atoms with Gasteiger partial charge in [0, 0.05) is 24.0 Å². The lowest BCUT2D eigenvalue weighted by Gasteiger charge is -2.24. The molecular formula is C15H17N3S. The smallest absolute Gasteiger partial charge is 0.133 e. The molecule has 2 rings (SSSR count). The van der Waals surface area contributed by atoms with E-state index in [2.05, 4.69) is 35.9 Å². The first-order valence-electron chi connectivity index (χ1n) is 6.22. The summed E-state index contributed by atoms with van der Waals surface area (Å²) in [5.41, 5.74) is 8.88. The average Bonchev–Trinajstić information content (AvgIpc) is 2.42. The van der Waals surface area contributed by atoms with Gasteiger partial charge in [-0.2, -0.15) is 0 Å². The maximum Gasteiger partial charge on any atom is 0.133 e. The fourth-order valence-corrected chi connectivity index (χ4v) is 2.17. The highest BCUT2D eigenvalue weighted by Gasteiger charge is 2.11. The molecule has 1 aromatic carbocycles. The molecule has 3 nitrogen and oxygen atoms in total. The van der Waals surface area contributed by atoms with Gasteiger partial charge >= 0.3 is 0 Å². The third-order valence-corrected chi connectivity index (χ3v) is 3.26. The Morgan fingerprint density at radius 1 is 1.32 bits per heavy atom. The highest BCUT2D eigenvalue weighted by Crippen LogP contribution is 2.26. The van der Waals surface area contributed by atoms with Gasteiger partial charge in [-0.3, -0.25) is 0 Å². The van der Waals surface area contributed by atoms with Crippen LogP contribution in [0.3, 0.4) is 0 Å². The molecule has 0 aliphatic rings. The summed E-state index contributed by atoms with van der Waals surface area (Å²) in [4.78, 5) is 6.96. The van der Waals surface area contributed by atoms with Crippen LogP contribution in [0.4, 0.5) is 11.5 Å². The number of hydrogen-bond donors (Lipinski definition) is 1. The Balaban J connectivity index is 2.45. The molecule has 0 saturated carbocycles. The largest absolute Gasteiger partial charge is 0.389 e. The topological polar surface area (TPSA) is 42.1 Å². The van der Waals surface area contributed by atoms with Crippen LogP contribution >= 0.6 is 12.2 Å². The standard InChI is InChI=1S/C15H17N3S/c1-3-18(13-7-5-4-6-11(13)2)14-10-12(15(16)19)8-9-17-14/h4-10H,3H2,1-2H3,(H2,16,19). The van der Waals surface area contributed by atoms with Gasteiger partial charge in [0.2, 0.25) is 0 Å². The maximum atomic E-state index is 5.68. The highest BCUT2D eigenvalue weighted by atomic mass is 32.1. The monoisotopic (exact) mass is 271 g/mol.